The zero-order valence-corrected chi connectivity index (χ0v) is 14.2. The highest BCUT2D eigenvalue weighted by molar-refractivity contribution is 6.03. The minimum atomic E-state index is -0.629. The lowest BCUT2D eigenvalue weighted by Crippen LogP contribution is -2.21. The number of amides is 2. The van der Waals surface area contributed by atoms with Gasteiger partial charge in [-0.25, -0.2) is 0 Å². The lowest BCUT2D eigenvalue weighted by atomic mass is 10.1. The number of aromatic nitrogens is 2. The van der Waals surface area contributed by atoms with Crippen LogP contribution in [-0.2, 0) is 24.7 Å². The van der Waals surface area contributed by atoms with Gasteiger partial charge in [0.1, 0.15) is 5.69 Å². The molecule has 0 fully saturated rings. The van der Waals surface area contributed by atoms with Gasteiger partial charge in [0, 0.05) is 7.05 Å². The van der Waals surface area contributed by atoms with Gasteiger partial charge in [-0.2, -0.15) is 5.10 Å². The Bertz CT molecular complexity index is 828. The molecule has 0 bridgehead atoms. The Morgan fingerprint density at radius 2 is 2.08 bits per heavy atom. The van der Waals surface area contributed by atoms with Gasteiger partial charge >= 0.3 is 0 Å². The third kappa shape index (κ3) is 3.42. The standard InChI is InChI=1S/C17H20N4O4/c1-3-4-11-15(16(17(18)23)21(2)20-11)19-14(22)8-10-5-6-12-13(7-10)25-9-24-12/h5-7H,3-4,8-9H2,1-2H3,(H2,18,23)(H,19,22). The summed E-state index contributed by atoms with van der Waals surface area (Å²) in [7, 11) is 1.63. The number of primary amides is 1. The molecule has 0 radical (unpaired) electrons. The zero-order valence-electron chi connectivity index (χ0n) is 14.2. The molecule has 2 aromatic rings. The van der Waals surface area contributed by atoms with Gasteiger partial charge in [-0.05, 0) is 24.1 Å². The fourth-order valence-corrected chi connectivity index (χ4v) is 2.83. The van der Waals surface area contributed by atoms with Gasteiger partial charge in [0.2, 0.25) is 12.7 Å². The van der Waals surface area contributed by atoms with Crippen molar-refractivity contribution >= 4 is 17.5 Å². The van der Waals surface area contributed by atoms with Crippen molar-refractivity contribution in [3.05, 3.63) is 35.2 Å². The summed E-state index contributed by atoms with van der Waals surface area (Å²) in [5, 5.41) is 7.08. The highest BCUT2D eigenvalue weighted by atomic mass is 16.7. The molecule has 2 heterocycles. The van der Waals surface area contributed by atoms with Crippen molar-refractivity contribution in [2.24, 2.45) is 12.8 Å². The second-order valence-corrected chi connectivity index (χ2v) is 5.82. The van der Waals surface area contributed by atoms with Gasteiger partial charge in [0.05, 0.1) is 17.8 Å². The number of carbonyl (C=O) groups excluding carboxylic acids is 2. The predicted molar refractivity (Wildman–Crippen MR) is 90.6 cm³/mol. The van der Waals surface area contributed by atoms with Crippen LogP contribution in [-0.4, -0.2) is 28.4 Å². The molecule has 1 aromatic carbocycles. The average molecular weight is 344 g/mol. The van der Waals surface area contributed by atoms with E-state index in [1.165, 1.54) is 4.68 Å². The first-order chi connectivity index (χ1) is 12.0. The lowest BCUT2D eigenvalue weighted by molar-refractivity contribution is -0.115. The molecule has 132 valence electrons. The smallest absolute Gasteiger partial charge is 0.269 e. The first kappa shape index (κ1) is 16.8. The number of anilines is 1. The van der Waals surface area contributed by atoms with E-state index in [0.29, 0.717) is 29.3 Å². The molecule has 0 unspecified atom stereocenters. The Kier molecular flexibility index (Phi) is 4.60. The molecule has 0 atom stereocenters. The fourth-order valence-electron chi connectivity index (χ4n) is 2.83. The van der Waals surface area contributed by atoms with Crippen LogP contribution in [0, 0.1) is 0 Å². The first-order valence-corrected chi connectivity index (χ1v) is 8.03. The van der Waals surface area contributed by atoms with Crippen LogP contribution in [0.3, 0.4) is 0 Å². The number of ether oxygens (including phenoxy) is 2. The minimum Gasteiger partial charge on any atom is -0.454 e. The molecule has 2 amide bonds. The zero-order chi connectivity index (χ0) is 18.0. The Balaban J connectivity index is 1.79. The van der Waals surface area contributed by atoms with Crippen molar-refractivity contribution in [1.29, 1.82) is 0 Å². The molecule has 3 N–H and O–H groups in total. The number of hydrogen-bond acceptors (Lipinski definition) is 5. The SMILES string of the molecule is CCCc1nn(C)c(C(N)=O)c1NC(=O)Cc1ccc2c(c1)OCO2. The van der Waals surface area contributed by atoms with Crippen molar-refractivity contribution in [2.75, 3.05) is 12.1 Å². The van der Waals surface area contributed by atoms with Crippen LogP contribution in [0.1, 0.15) is 35.1 Å². The minimum absolute atomic E-state index is 0.134. The number of fused-ring (bicyclic) bond motifs is 1. The second kappa shape index (κ2) is 6.84. The van der Waals surface area contributed by atoms with E-state index >= 15 is 0 Å². The molecule has 0 aliphatic carbocycles. The van der Waals surface area contributed by atoms with E-state index in [4.69, 9.17) is 15.2 Å². The third-order valence-corrected chi connectivity index (χ3v) is 3.91. The number of benzene rings is 1. The van der Waals surface area contributed by atoms with Crippen LogP contribution in [0.2, 0.25) is 0 Å². The molecule has 3 rings (SSSR count). The maximum absolute atomic E-state index is 12.5. The molecule has 1 aliphatic heterocycles. The van der Waals surface area contributed by atoms with E-state index in [1.807, 2.05) is 6.92 Å². The van der Waals surface area contributed by atoms with Gasteiger partial charge in [-0.1, -0.05) is 19.4 Å². The van der Waals surface area contributed by atoms with E-state index in [2.05, 4.69) is 10.4 Å². The highest BCUT2D eigenvalue weighted by Gasteiger charge is 2.22. The molecule has 0 saturated heterocycles. The maximum atomic E-state index is 12.5. The summed E-state index contributed by atoms with van der Waals surface area (Å²) in [6, 6.07) is 5.35. The van der Waals surface area contributed by atoms with E-state index in [-0.39, 0.29) is 24.8 Å². The Hall–Kier alpha value is -3.03. The summed E-state index contributed by atoms with van der Waals surface area (Å²) >= 11 is 0. The van der Waals surface area contributed by atoms with E-state index in [9.17, 15) is 9.59 Å². The summed E-state index contributed by atoms with van der Waals surface area (Å²) in [6.45, 7) is 2.18. The molecule has 0 saturated carbocycles. The number of hydrogen-bond donors (Lipinski definition) is 2. The summed E-state index contributed by atoms with van der Waals surface area (Å²) in [4.78, 5) is 24.2. The summed E-state index contributed by atoms with van der Waals surface area (Å²) in [5.41, 5.74) is 7.45. The number of nitrogens with one attached hydrogen (secondary N) is 1. The number of rotatable bonds is 6. The van der Waals surface area contributed by atoms with Gasteiger partial charge in [0.25, 0.3) is 5.91 Å². The van der Waals surface area contributed by atoms with Crippen molar-refractivity contribution < 1.29 is 19.1 Å². The topological polar surface area (TPSA) is 108 Å². The summed E-state index contributed by atoms with van der Waals surface area (Å²) in [5.74, 6) is 0.399. The first-order valence-electron chi connectivity index (χ1n) is 8.03. The van der Waals surface area contributed by atoms with Gasteiger partial charge in [-0.3, -0.25) is 14.3 Å². The average Bonchev–Trinajstić information content (AvgIpc) is 3.12. The quantitative estimate of drug-likeness (QED) is 0.823. The largest absolute Gasteiger partial charge is 0.454 e. The van der Waals surface area contributed by atoms with Crippen LogP contribution in [0.4, 0.5) is 5.69 Å². The third-order valence-electron chi connectivity index (χ3n) is 3.91. The number of aryl methyl sites for hydroxylation is 2. The number of nitrogens with zero attached hydrogens (tertiary/aromatic N) is 2. The van der Waals surface area contributed by atoms with E-state index < -0.39 is 5.91 Å². The lowest BCUT2D eigenvalue weighted by Gasteiger charge is -2.08. The summed E-state index contributed by atoms with van der Waals surface area (Å²) in [6.07, 6.45) is 1.61. The van der Waals surface area contributed by atoms with Crippen LogP contribution in [0.15, 0.2) is 18.2 Å². The van der Waals surface area contributed by atoms with Crippen LogP contribution in [0.25, 0.3) is 0 Å². The molecule has 0 spiro atoms. The molecular weight excluding hydrogens is 324 g/mol. The van der Waals surface area contributed by atoms with Crippen molar-refractivity contribution in [1.82, 2.24) is 9.78 Å². The van der Waals surface area contributed by atoms with Crippen LogP contribution in [0.5, 0.6) is 11.5 Å². The van der Waals surface area contributed by atoms with Crippen molar-refractivity contribution in [2.45, 2.75) is 26.2 Å². The van der Waals surface area contributed by atoms with E-state index in [1.54, 1.807) is 25.2 Å². The predicted octanol–water partition coefficient (Wildman–Crippen LogP) is 1.38. The molecule has 8 nitrogen and oxygen atoms in total. The normalized spacial score (nSPS) is 12.2. The number of carbonyl (C=O) groups is 2. The molecule has 25 heavy (non-hydrogen) atoms. The maximum Gasteiger partial charge on any atom is 0.269 e. The van der Waals surface area contributed by atoms with E-state index in [0.717, 1.165) is 12.0 Å². The highest BCUT2D eigenvalue weighted by Crippen LogP contribution is 2.32. The second-order valence-electron chi connectivity index (χ2n) is 5.82. The molecule has 1 aliphatic rings. The van der Waals surface area contributed by atoms with Crippen molar-refractivity contribution in [3.8, 4) is 11.5 Å². The Morgan fingerprint density at radius 3 is 2.80 bits per heavy atom. The molecule has 1 aromatic heterocycles. The summed E-state index contributed by atoms with van der Waals surface area (Å²) < 4.78 is 12.0. The molecular formula is C17H20N4O4. The fraction of sp³-hybridized carbons (Fsp3) is 0.353. The molecule has 8 heteroatoms. The number of nitrogens with two attached hydrogens (primary N) is 1. The van der Waals surface area contributed by atoms with Crippen LogP contribution < -0.4 is 20.5 Å². The monoisotopic (exact) mass is 344 g/mol. The Labute approximate surface area is 144 Å². The Morgan fingerprint density at radius 1 is 1.32 bits per heavy atom. The van der Waals surface area contributed by atoms with Crippen molar-refractivity contribution in [3.63, 3.8) is 0 Å². The van der Waals surface area contributed by atoms with Gasteiger partial charge in [-0.15, -0.1) is 0 Å². The van der Waals surface area contributed by atoms with Gasteiger partial charge < -0.3 is 20.5 Å². The van der Waals surface area contributed by atoms with Crippen LogP contribution >= 0.6 is 0 Å². The van der Waals surface area contributed by atoms with Gasteiger partial charge in [0.15, 0.2) is 11.5 Å².